The van der Waals surface area contributed by atoms with Crippen LogP contribution in [0.15, 0.2) is 0 Å². The maximum Gasteiger partial charge on any atom is 0.407 e. The van der Waals surface area contributed by atoms with Crippen molar-refractivity contribution in [3.63, 3.8) is 0 Å². The van der Waals surface area contributed by atoms with E-state index in [4.69, 9.17) is 9.47 Å². The summed E-state index contributed by atoms with van der Waals surface area (Å²) in [6.07, 6.45) is 0.751. The molecular formula is C11H19NO5. The number of rotatable bonds is 3. The fourth-order valence-electron chi connectivity index (χ4n) is 1.94. The van der Waals surface area contributed by atoms with E-state index in [0.29, 0.717) is 26.1 Å². The highest BCUT2D eigenvalue weighted by molar-refractivity contribution is 5.82. The second kappa shape index (κ2) is 5.86. The second-order valence-corrected chi connectivity index (χ2v) is 4.36. The third-order valence-corrected chi connectivity index (χ3v) is 3.22. The maximum absolute atomic E-state index is 11.7. The quantitative estimate of drug-likeness (QED) is 0.741. The van der Waals surface area contributed by atoms with E-state index < -0.39 is 18.1 Å². The largest absolute Gasteiger partial charge is 0.467 e. The first-order chi connectivity index (χ1) is 8.03. The number of amides is 1. The molecule has 1 atom stereocenters. The summed E-state index contributed by atoms with van der Waals surface area (Å²) in [6, 6.07) is -0.705. The second-order valence-electron chi connectivity index (χ2n) is 4.36. The molecular weight excluding hydrogens is 226 g/mol. The number of nitrogens with one attached hydrogen (secondary N) is 1. The average Bonchev–Trinajstić information content (AvgIpc) is 2.35. The number of alkyl carbamates (subject to hydrolysis) is 1. The molecule has 0 aromatic rings. The summed E-state index contributed by atoms with van der Waals surface area (Å²) in [5, 5.41) is 2.54. The van der Waals surface area contributed by atoms with Gasteiger partial charge in [-0.25, -0.2) is 9.59 Å². The van der Waals surface area contributed by atoms with Crippen molar-refractivity contribution >= 4 is 12.1 Å². The number of carbonyl (C=O) groups excluding carboxylic acids is 2. The maximum atomic E-state index is 11.7. The Kier molecular flexibility index (Phi) is 4.74. The van der Waals surface area contributed by atoms with Gasteiger partial charge in [0.15, 0.2) is 0 Å². The van der Waals surface area contributed by atoms with E-state index in [2.05, 4.69) is 10.1 Å². The SMILES string of the molecule is COC(=O)NC(C(=O)OC)C1(C)CCOCC1. The topological polar surface area (TPSA) is 73.9 Å². The lowest BCUT2D eigenvalue weighted by molar-refractivity contribution is -0.148. The summed E-state index contributed by atoms with van der Waals surface area (Å²) >= 11 is 0. The Bertz CT molecular complexity index is 286. The van der Waals surface area contributed by atoms with Crippen molar-refractivity contribution < 1.29 is 23.8 Å². The van der Waals surface area contributed by atoms with Gasteiger partial charge in [0.1, 0.15) is 6.04 Å². The zero-order valence-corrected chi connectivity index (χ0v) is 10.4. The number of esters is 1. The molecule has 1 rings (SSSR count). The predicted molar refractivity (Wildman–Crippen MR) is 59.5 cm³/mol. The minimum absolute atomic E-state index is 0.362. The van der Waals surface area contributed by atoms with E-state index in [1.54, 1.807) is 0 Å². The standard InChI is InChI=1S/C11H19NO5/c1-11(4-6-17-7-5-11)8(9(13)15-2)12-10(14)16-3/h8H,4-7H2,1-3H3,(H,12,14). The molecule has 0 aliphatic carbocycles. The smallest absolute Gasteiger partial charge is 0.407 e. The van der Waals surface area contributed by atoms with Crippen LogP contribution in [-0.2, 0) is 19.0 Å². The minimum atomic E-state index is -0.705. The summed E-state index contributed by atoms with van der Waals surface area (Å²) in [6.45, 7) is 3.09. The van der Waals surface area contributed by atoms with Gasteiger partial charge in [-0.15, -0.1) is 0 Å². The summed E-state index contributed by atoms with van der Waals surface area (Å²) in [4.78, 5) is 23.0. The van der Waals surface area contributed by atoms with Crippen molar-refractivity contribution in [3.05, 3.63) is 0 Å². The van der Waals surface area contributed by atoms with Gasteiger partial charge in [-0.05, 0) is 12.8 Å². The van der Waals surface area contributed by atoms with E-state index >= 15 is 0 Å². The molecule has 6 nitrogen and oxygen atoms in total. The van der Waals surface area contributed by atoms with E-state index in [-0.39, 0.29) is 5.41 Å². The van der Waals surface area contributed by atoms with Crippen LogP contribution in [0.1, 0.15) is 19.8 Å². The van der Waals surface area contributed by atoms with E-state index in [0.717, 1.165) is 0 Å². The Morgan fingerprint density at radius 2 is 1.82 bits per heavy atom. The monoisotopic (exact) mass is 245 g/mol. The van der Waals surface area contributed by atoms with Gasteiger partial charge in [0.2, 0.25) is 0 Å². The van der Waals surface area contributed by atoms with Crippen LogP contribution in [-0.4, -0.2) is 45.5 Å². The molecule has 0 saturated carbocycles. The van der Waals surface area contributed by atoms with E-state index in [9.17, 15) is 9.59 Å². The van der Waals surface area contributed by atoms with Crippen LogP contribution in [0.25, 0.3) is 0 Å². The zero-order valence-electron chi connectivity index (χ0n) is 10.4. The van der Waals surface area contributed by atoms with Crippen LogP contribution in [0.2, 0.25) is 0 Å². The van der Waals surface area contributed by atoms with Crippen LogP contribution in [0.3, 0.4) is 0 Å². The third-order valence-electron chi connectivity index (χ3n) is 3.22. The Morgan fingerprint density at radius 1 is 1.24 bits per heavy atom. The highest BCUT2D eigenvalue weighted by Crippen LogP contribution is 2.34. The molecule has 0 aromatic carbocycles. The lowest BCUT2D eigenvalue weighted by atomic mass is 9.75. The molecule has 0 radical (unpaired) electrons. The fourth-order valence-corrected chi connectivity index (χ4v) is 1.94. The number of hydrogen-bond donors (Lipinski definition) is 1. The first kappa shape index (κ1) is 13.8. The molecule has 1 aliphatic rings. The minimum Gasteiger partial charge on any atom is -0.467 e. The molecule has 98 valence electrons. The van der Waals surface area contributed by atoms with Crippen molar-refractivity contribution in [2.45, 2.75) is 25.8 Å². The molecule has 17 heavy (non-hydrogen) atoms. The van der Waals surface area contributed by atoms with Crippen LogP contribution in [0.5, 0.6) is 0 Å². The van der Waals surface area contributed by atoms with Crippen LogP contribution in [0.4, 0.5) is 4.79 Å². The molecule has 1 amide bonds. The first-order valence-electron chi connectivity index (χ1n) is 5.53. The molecule has 0 spiro atoms. The molecule has 1 heterocycles. The summed E-state index contributed by atoms with van der Waals surface area (Å²) < 4.78 is 14.5. The van der Waals surface area contributed by atoms with E-state index in [1.807, 2.05) is 6.92 Å². The predicted octanol–water partition coefficient (Wildman–Crippen LogP) is 0.701. The highest BCUT2D eigenvalue weighted by atomic mass is 16.5. The van der Waals surface area contributed by atoms with Gasteiger partial charge >= 0.3 is 12.1 Å². The fraction of sp³-hybridized carbons (Fsp3) is 0.818. The molecule has 1 saturated heterocycles. The molecule has 1 N–H and O–H groups in total. The lowest BCUT2D eigenvalue weighted by Crippen LogP contribution is -2.53. The van der Waals surface area contributed by atoms with Crippen molar-refractivity contribution in [3.8, 4) is 0 Å². The van der Waals surface area contributed by atoms with E-state index in [1.165, 1.54) is 14.2 Å². The van der Waals surface area contributed by atoms with Crippen molar-refractivity contribution in [1.29, 1.82) is 0 Å². The highest BCUT2D eigenvalue weighted by Gasteiger charge is 2.42. The van der Waals surface area contributed by atoms with Crippen molar-refractivity contribution in [2.24, 2.45) is 5.41 Å². The van der Waals surface area contributed by atoms with Gasteiger partial charge in [-0.3, -0.25) is 0 Å². The Balaban J connectivity index is 2.80. The Hall–Kier alpha value is -1.30. The van der Waals surface area contributed by atoms with Crippen LogP contribution < -0.4 is 5.32 Å². The van der Waals surface area contributed by atoms with Crippen molar-refractivity contribution in [1.82, 2.24) is 5.32 Å². The summed E-state index contributed by atoms with van der Waals surface area (Å²) in [5.41, 5.74) is -0.362. The van der Waals surface area contributed by atoms with Gasteiger partial charge in [-0.2, -0.15) is 0 Å². The lowest BCUT2D eigenvalue weighted by Gasteiger charge is -2.38. The Morgan fingerprint density at radius 3 is 2.29 bits per heavy atom. The van der Waals surface area contributed by atoms with Gasteiger partial charge in [0, 0.05) is 18.6 Å². The van der Waals surface area contributed by atoms with Gasteiger partial charge in [0.05, 0.1) is 14.2 Å². The normalized spacial score (nSPS) is 20.2. The zero-order chi connectivity index (χ0) is 12.9. The number of hydrogen-bond acceptors (Lipinski definition) is 5. The summed E-state index contributed by atoms with van der Waals surface area (Å²) in [7, 11) is 2.56. The molecule has 0 aromatic heterocycles. The van der Waals surface area contributed by atoms with Crippen LogP contribution >= 0.6 is 0 Å². The molecule has 1 fully saturated rings. The molecule has 1 aliphatic heterocycles. The Labute approximate surface area is 101 Å². The number of methoxy groups -OCH3 is 2. The number of ether oxygens (including phenoxy) is 3. The van der Waals surface area contributed by atoms with Gasteiger partial charge in [0.25, 0.3) is 0 Å². The van der Waals surface area contributed by atoms with Crippen molar-refractivity contribution in [2.75, 3.05) is 27.4 Å². The van der Waals surface area contributed by atoms with Gasteiger partial charge in [-0.1, -0.05) is 6.92 Å². The number of carbonyl (C=O) groups is 2. The summed E-state index contributed by atoms with van der Waals surface area (Å²) in [5.74, 6) is -0.459. The third kappa shape index (κ3) is 3.33. The molecule has 1 unspecified atom stereocenters. The van der Waals surface area contributed by atoms with Gasteiger partial charge < -0.3 is 19.5 Å². The average molecular weight is 245 g/mol. The first-order valence-corrected chi connectivity index (χ1v) is 5.53. The molecule has 0 bridgehead atoms. The molecule has 6 heteroatoms. The van der Waals surface area contributed by atoms with Crippen LogP contribution in [0, 0.1) is 5.41 Å².